The number of hydrogen-bond donors (Lipinski definition) is 0. The van der Waals surface area contributed by atoms with Crippen LogP contribution in [0.3, 0.4) is 0 Å². The van der Waals surface area contributed by atoms with Gasteiger partial charge >= 0.3 is 0 Å². The fourth-order valence-corrected chi connectivity index (χ4v) is 0.158. The normalized spacial score (nSPS) is 12.0. The second-order valence-corrected chi connectivity index (χ2v) is 0.971. The van der Waals surface area contributed by atoms with Gasteiger partial charge in [0.15, 0.2) is 0 Å². The van der Waals surface area contributed by atoms with Crippen molar-refractivity contribution in [1.29, 1.82) is 0 Å². The van der Waals surface area contributed by atoms with Crippen molar-refractivity contribution >= 4 is 5.90 Å². The molecule has 6 heavy (non-hydrogen) atoms. The molecule has 0 spiro atoms. The Balaban J connectivity index is 3.22. The highest BCUT2D eigenvalue weighted by Gasteiger charge is 1.65. The lowest BCUT2D eigenvalue weighted by Gasteiger charge is -2.01. The highest BCUT2D eigenvalue weighted by atomic mass is 16.3. The summed E-state index contributed by atoms with van der Waals surface area (Å²) in [6.07, 6.45) is 0.524. The number of rotatable bonds is 1. The fraction of sp³-hybridized carbons (Fsp3) is 0.750. The molecule has 0 aliphatic carbocycles. The van der Waals surface area contributed by atoms with Crippen LogP contribution in [0.15, 0.2) is 4.99 Å². The maximum Gasteiger partial charge on any atom is 0.0265 e. The van der Waals surface area contributed by atoms with E-state index in [0.717, 1.165) is 0 Å². The van der Waals surface area contributed by atoms with Gasteiger partial charge in [-0.2, -0.15) is 0 Å². The first-order chi connectivity index (χ1) is 2.81. The van der Waals surface area contributed by atoms with E-state index < -0.39 is 0 Å². The maximum atomic E-state index is 10.0. The van der Waals surface area contributed by atoms with Gasteiger partial charge in [-0.15, -0.1) is 0 Å². The first-order valence-corrected chi connectivity index (χ1v) is 1.94. The minimum absolute atomic E-state index is 0.0324. The van der Waals surface area contributed by atoms with Crippen molar-refractivity contribution in [2.24, 2.45) is 4.99 Å². The number of aliphatic imine (C=N–C) groups is 1. The third-order valence-corrected chi connectivity index (χ3v) is 0.552. The van der Waals surface area contributed by atoms with Crippen molar-refractivity contribution < 1.29 is 5.11 Å². The minimum atomic E-state index is -0.0324. The molecule has 0 atom stereocenters. The van der Waals surface area contributed by atoms with Crippen molar-refractivity contribution in [2.45, 2.75) is 13.3 Å². The molecule has 2 heteroatoms. The lowest BCUT2D eigenvalue weighted by molar-refractivity contribution is -0.218. The highest BCUT2D eigenvalue weighted by molar-refractivity contribution is 5.70. The van der Waals surface area contributed by atoms with Gasteiger partial charge in [0.1, 0.15) is 0 Å². The summed E-state index contributed by atoms with van der Waals surface area (Å²) in [7, 11) is 1.51. The van der Waals surface area contributed by atoms with Gasteiger partial charge in [-0.1, -0.05) is 6.92 Å². The zero-order valence-electron chi connectivity index (χ0n) is 4.06. The van der Waals surface area contributed by atoms with Crippen LogP contribution in [0.4, 0.5) is 0 Å². The van der Waals surface area contributed by atoms with Crippen molar-refractivity contribution in [3.05, 3.63) is 0 Å². The zero-order chi connectivity index (χ0) is 4.99. The van der Waals surface area contributed by atoms with Gasteiger partial charge in [0.25, 0.3) is 0 Å². The van der Waals surface area contributed by atoms with Crippen molar-refractivity contribution in [3.8, 4) is 0 Å². The first-order valence-electron chi connectivity index (χ1n) is 1.94. The van der Waals surface area contributed by atoms with Crippen LogP contribution in [-0.4, -0.2) is 12.9 Å². The van der Waals surface area contributed by atoms with E-state index in [1.807, 2.05) is 0 Å². The molecule has 0 aromatic heterocycles. The van der Waals surface area contributed by atoms with Crippen LogP contribution in [0.1, 0.15) is 13.3 Å². The minimum Gasteiger partial charge on any atom is -0.862 e. The van der Waals surface area contributed by atoms with Gasteiger partial charge < -0.3 is 10.1 Å². The third-order valence-electron chi connectivity index (χ3n) is 0.552. The largest absolute Gasteiger partial charge is 0.862 e. The van der Waals surface area contributed by atoms with Crippen LogP contribution >= 0.6 is 0 Å². The van der Waals surface area contributed by atoms with Crippen molar-refractivity contribution in [1.82, 2.24) is 0 Å². The van der Waals surface area contributed by atoms with Crippen LogP contribution < -0.4 is 5.11 Å². The zero-order valence-corrected chi connectivity index (χ0v) is 4.06. The Morgan fingerprint density at radius 3 is 2.33 bits per heavy atom. The summed E-state index contributed by atoms with van der Waals surface area (Å²) in [5.41, 5.74) is 0. The van der Waals surface area contributed by atoms with E-state index in [-0.39, 0.29) is 5.90 Å². The molecule has 0 rings (SSSR count). The van der Waals surface area contributed by atoms with E-state index in [4.69, 9.17) is 0 Å². The lowest BCUT2D eigenvalue weighted by Crippen LogP contribution is -2.14. The molecule has 0 fully saturated rings. The Kier molecular flexibility index (Phi) is 2.46. The summed E-state index contributed by atoms with van der Waals surface area (Å²) in [4.78, 5) is 3.37. The molecule has 0 amide bonds. The van der Waals surface area contributed by atoms with Crippen LogP contribution in [0, 0.1) is 0 Å². The van der Waals surface area contributed by atoms with E-state index in [1.165, 1.54) is 7.05 Å². The van der Waals surface area contributed by atoms with Gasteiger partial charge in [-0.25, -0.2) is 0 Å². The first kappa shape index (κ1) is 5.47. The average Bonchev–Trinajstić information content (AvgIpc) is 1.65. The molecule has 0 unspecified atom stereocenters. The van der Waals surface area contributed by atoms with Crippen LogP contribution in [-0.2, 0) is 0 Å². The van der Waals surface area contributed by atoms with E-state index in [0.29, 0.717) is 6.42 Å². The number of hydrogen-bond acceptors (Lipinski definition) is 2. The summed E-state index contributed by atoms with van der Waals surface area (Å²) < 4.78 is 0. The van der Waals surface area contributed by atoms with E-state index >= 15 is 0 Å². The van der Waals surface area contributed by atoms with Gasteiger partial charge in [-0.05, 0) is 12.3 Å². The summed E-state index contributed by atoms with van der Waals surface area (Å²) >= 11 is 0. The topological polar surface area (TPSA) is 35.4 Å². The molecule has 0 aliphatic rings. The molecule has 36 valence electrons. The Morgan fingerprint density at radius 2 is 2.33 bits per heavy atom. The molecule has 0 saturated heterocycles. The molecular weight excluding hydrogens is 78.0 g/mol. The van der Waals surface area contributed by atoms with E-state index in [2.05, 4.69) is 4.99 Å². The fourth-order valence-electron chi connectivity index (χ4n) is 0.158. The van der Waals surface area contributed by atoms with Crippen molar-refractivity contribution in [3.63, 3.8) is 0 Å². The van der Waals surface area contributed by atoms with Gasteiger partial charge in [-0.3, -0.25) is 0 Å². The SMILES string of the molecule is CCC([O-])=NC. The standard InChI is InChI=1S/C4H9NO/c1-3-4(6)5-2/h3H2,1-2H3,(H,5,6)/p-1. The van der Waals surface area contributed by atoms with Crippen LogP contribution in [0.5, 0.6) is 0 Å². The van der Waals surface area contributed by atoms with Crippen molar-refractivity contribution in [2.75, 3.05) is 7.05 Å². The lowest BCUT2D eigenvalue weighted by atomic mass is 10.5. The molecule has 0 aromatic rings. The van der Waals surface area contributed by atoms with Crippen LogP contribution in [0.2, 0.25) is 0 Å². The molecule has 0 radical (unpaired) electrons. The second kappa shape index (κ2) is 2.69. The maximum absolute atomic E-state index is 10.0. The van der Waals surface area contributed by atoms with Gasteiger partial charge in [0, 0.05) is 7.05 Å². The summed E-state index contributed by atoms with van der Waals surface area (Å²) in [5, 5.41) is 10.0. The predicted octanol–water partition coefficient (Wildman–Crippen LogP) is -0.215. The highest BCUT2D eigenvalue weighted by Crippen LogP contribution is 1.69. The molecule has 0 heterocycles. The molecule has 0 aliphatic heterocycles. The Labute approximate surface area is 37.5 Å². The summed E-state index contributed by atoms with van der Waals surface area (Å²) in [5.74, 6) is -0.0324. The molecular formula is C4H8NO-. The van der Waals surface area contributed by atoms with Gasteiger partial charge in [0.2, 0.25) is 0 Å². The second-order valence-electron chi connectivity index (χ2n) is 0.971. The average molecular weight is 86.1 g/mol. The molecule has 0 bridgehead atoms. The Morgan fingerprint density at radius 1 is 1.83 bits per heavy atom. The molecule has 0 N–H and O–H groups in total. The molecule has 0 saturated carbocycles. The smallest absolute Gasteiger partial charge is 0.0265 e. The third kappa shape index (κ3) is 1.76. The monoisotopic (exact) mass is 86.1 g/mol. The van der Waals surface area contributed by atoms with Gasteiger partial charge in [0.05, 0.1) is 0 Å². The molecule has 0 aromatic carbocycles. The molecule has 2 nitrogen and oxygen atoms in total. The summed E-state index contributed by atoms with van der Waals surface area (Å²) in [6, 6.07) is 0. The Hall–Kier alpha value is -0.530. The quantitative estimate of drug-likeness (QED) is 0.321. The summed E-state index contributed by atoms with van der Waals surface area (Å²) in [6.45, 7) is 1.79. The van der Waals surface area contributed by atoms with E-state index in [1.54, 1.807) is 6.92 Å². The van der Waals surface area contributed by atoms with E-state index in [9.17, 15) is 5.11 Å². The Bertz CT molecular complexity index is 58.6. The number of nitrogens with zero attached hydrogens (tertiary/aromatic N) is 1. The predicted molar refractivity (Wildman–Crippen MR) is 23.6 cm³/mol. The van der Waals surface area contributed by atoms with Crippen LogP contribution in [0.25, 0.3) is 0 Å².